The van der Waals surface area contributed by atoms with Crippen molar-refractivity contribution in [2.24, 2.45) is 0 Å². The third-order valence-corrected chi connectivity index (χ3v) is 2.28. The van der Waals surface area contributed by atoms with Gasteiger partial charge >= 0.3 is 0 Å². The molecule has 0 fully saturated rings. The van der Waals surface area contributed by atoms with Crippen molar-refractivity contribution in [1.29, 1.82) is 0 Å². The van der Waals surface area contributed by atoms with E-state index in [-0.39, 0.29) is 13.2 Å². The van der Waals surface area contributed by atoms with E-state index in [2.05, 4.69) is 4.98 Å². The van der Waals surface area contributed by atoms with Crippen LogP contribution in [0.4, 0.5) is 0 Å². The number of hydrogen-bond donors (Lipinski definition) is 2. The van der Waals surface area contributed by atoms with Crippen LogP contribution in [0, 0.1) is 0 Å². The van der Waals surface area contributed by atoms with Crippen molar-refractivity contribution in [3.63, 3.8) is 0 Å². The second kappa shape index (κ2) is 5.43. The molecule has 4 heteroatoms. The van der Waals surface area contributed by atoms with Crippen LogP contribution in [0.1, 0.15) is 11.1 Å². The highest BCUT2D eigenvalue weighted by atomic mass is 16.5. The number of aromatic nitrogens is 1. The van der Waals surface area contributed by atoms with Gasteiger partial charge in [0.15, 0.2) is 0 Å². The maximum Gasteiger partial charge on any atom is 0.219 e. The fourth-order valence-corrected chi connectivity index (χ4v) is 1.39. The summed E-state index contributed by atoms with van der Waals surface area (Å²) in [5.41, 5.74) is 1.52. The topological polar surface area (TPSA) is 62.6 Å². The molecule has 88 valence electrons. The van der Waals surface area contributed by atoms with Crippen molar-refractivity contribution in [2.75, 3.05) is 0 Å². The van der Waals surface area contributed by atoms with Gasteiger partial charge in [0.2, 0.25) is 5.88 Å². The van der Waals surface area contributed by atoms with E-state index in [0.717, 1.165) is 11.1 Å². The highest BCUT2D eigenvalue weighted by molar-refractivity contribution is 5.31. The van der Waals surface area contributed by atoms with Gasteiger partial charge in [0.05, 0.1) is 13.2 Å². The molecule has 0 bridgehead atoms. The van der Waals surface area contributed by atoms with Gasteiger partial charge in [-0.05, 0) is 29.3 Å². The molecule has 0 atom stereocenters. The Bertz CT molecular complexity index is 482. The Morgan fingerprint density at radius 2 is 1.82 bits per heavy atom. The van der Waals surface area contributed by atoms with Gasteiger partial charge in [-0.1, -0.05) is 12.1 Å². The van der Waals surface area contributed by atoms with Crippen molar-refractivity contribution in [1.82, 2.24) is 4.98 Å². The largest absolute Gasteiger partial charge is 0.439 e. The fraction of sp³-hybridized carbons (Fsp3) is 0.154. The van der Waals surface area contributed by atoms with Gasteiger partial charge in [-0.15, -0.1) is 0 Å². The second-order valence-corrected chi connectivity index (χ2v) is 3.57. The highest BCUT2D eigenvalue weighted by Crippen LogP contribution is 2.20. The van der Waals surface area contributed by atoms with E-state index in [0.29, 0.717) is 11.6 Å². The summed E-state index contributed by atoms with van der Waals surface area (Å²) in [6.07, 6.45) is 1.56. The molecule has 0 radical (unpaired) electrons. The summed E-state index contributed by atoms with van der Waals surface area (Å²) in [5.74, 6) is 1.08. The number of aliphatic hydroxyl groups excluding tert-OH is 2. The molecule has 2 N–H and O–H groups in total. The van der Waals surface area contributed by atoms with Crippen LogP contribution < -0.4 is 4.74 Å². The molecule has 0 aliphatic heterocycles. The van der Waals surface area contributed by atoms with Gasteiger partial charge in [-0.25, -0.2) is 4.98 Å². The first-order valence-electron chi connectivity index (χ1n) is 5.25. The second-order valence-electron chi connectivity index (χ2n) is 3.57. The Kier molecular flexibility index (Phi) is 3.69. The molecule has 0 amide bonds. The van der Waals surface area contributed by atoms with E-state index in [1.54, 1.807) is 30.5 Å². The number of rotatable bonds is 4. The molecular weight excluding hydrogens is 218 g/mol. The summed E-state index contributed by atoms with van der Waals surface area (Å²) in [5, 5.41) is 17.9. The van der Waals surface area contributed by atoms with Crippen molar-refractivity contribution >= 4 is 0 Å². The van der Waals surface area contributed by atoms with Crippen LogP contribution in [0.2, 0.25) is 0 Å². The predicted molar refractivity (Wildman–Crippen MR) is 62.6 cm³/mol. The summed E-state index contributed by atoms with van der Waals surface area (Å²) in [6, 6.07) is 10.6. The molecule has 2 aromatic rings. The zero-order chi connectivity index (χ0) is 12.1. The molecule has 1 aromatic heterocycles. The summed E-state index contributed by atoms with van der Waals surface area (Å²) < 4.78 is 5.52. The molecule has 0 spiro atoms. The summed E-state index contributed by atoms with van der Waals surface area (Å²) in [7, 11) is 0. The lowest BCUT2D eigenvalue weighted by Gasteiger charge is -2.06. The molecule has 0 unspecified atom stereocenters. The number of ether oxygens (including phenoxy) is 1. The van der Waals surface area contributed by atoms with E-state index >= 15 is 0 Å². The summed E-state index contributed by atoms with van der Waals surface area (Å²) in [6.45, 7) is -0.0542. The number of aliphatic hydroxyl groups is 2. The normalized spacial score (nSPS) is 10.2. The minimum atomic E-state index is -0.0344. The van der Waals surface area contributed by atoms with Crippen LogP contribution in [0.15, 0.2) is 42.6 Å². The Morgan fingerprint density at radius 3 is 2.47 bits per heavy atom. The highest BCUT2D eigenvalue weighted by Gasteiger charge is 2.00. The lowest BCUT2D eigenvalue weighted by molar-refractivity contribution is 0.280. The Morgan fingerprint density at radius 1 is 1.00 bits per heavy atom. The first-order valence-corrected chi connectivity index (χ1v) is 5.25. The predicted octanol–water partition coefficient (Wildman–Crippen LogP) is 1.86. The lowest BCUT2D eigenvalue weighted by Crippen LogP contribution is -1.91. The summed E-state index contributed by atoms with van der Waals surface area (Å²) >= 11 is 0. The average Bonchev–Trinajstić information content (AvgIpc) is 2.40. The number of pyridine rings is 1. The average molecular weight is 231 g/mol. The SMILES string of the molecule is OCc1ccc(Oc2cccc(CO)c2)nc1. The molecule has 1 heterocycles. The third kappa shape index (κ3) is 3.03. The van der Waals surface area contributed by atoms with Crippen LogP contribution in [0.5, 0.6) is 11.6 Å². The molecular formula is C13H13NO3. The molecule has 0 aliphatic carbocycles. The van der Waals surface area contributed by atoms with E-state index in [4.69, 9.17) is 14.9 Å². The molecule has 0 saturated heterocycles. The van der Waals surface area contributed by atoms with E-state index in [1.807, 2.05) is 12.1 Å². The molecule has 0 saturated carbocycles. The van der Waals surface area contributed by atoms with Crippen molar-refractivity contribution in [2.45, 2.75) is 13.2 Å². The molecule has 4 nitrogen and oxygen atoms in total. The third-order valence-electron chi connectivity index (χ3n) is 2.28. The van der Waals surface area contributed by atoms with Gasteiger partial charge < -0.3 is 14.9 Å². The van der Waals surface area contributed by atoms with Gasteiger partial charge in [0, 0.05) is 12.3 Å². The Hall–Kier alpha value is -1.91. The molecule has 0 aliphatic rings. The van der Waals surface area contributed by atoms with Crippen LogP contribution >= 0.6 is 0 Å². The molecule has 1 aromatic carbocycles. The number of hydrogen-bond acceptors (Lipinski definition) is 4. The minimum Gasteiger partial charge on any atom is -0.439 e. The number of benzene rings is 1. The zero-order valence-electron chi connectivity index (χ0n) is 9.21. The lowest BCUT2D eigenvalue weighted by atomic mass is 10.2. The summed E-state index contributed by atoms with van der Waals surface area (Å²) in [4.78, 5) is 4.06. The maximum absolute atomic E-state index is 9.00. The van der Waals surface area contributed by atoms with Crippen LogP contribution in [-0.2, 0) is 13.2 Å². The number of nitrogens with zero attached hydrogens (tertiary/aromatic N) is 1. The van der Waals surface area contributed by atoms with Gasteiger partial charge in [-0.2, -0.15) is 0 Å². The van der Waals surface area contributed by atoms with Crippen LogP contribution in [0.25, 0.3) is 0 Å². The molecule has 17 heavy (non-hydrogen) atoms. The zero-order valence-corrected chi connectivity index (χ0v) is 9.21. The van der Waals surface area contributed by atoms with E-state index in [9.17, 15) is 0 Å². The monoisotopic (exact) mass is 231 g/mol. The van der Waals surface area contributed by atoms with Crippen molar-refractivity contribution in [3.8, 4) is 11.6 Å². The van der Waals surface area contributed by atoms with E-state index in [1.165, 1.54) is 0 Å². The van der Waals surface area contributed by atoms with Gasteiger partial charge in [0.1, 0.15) is 5.75 Å². The van der Waals surface area contributed by atoms with Gasteiger partial charge in [0.25, 0.3) is 0 Å². The van der Waals surface area contributed by atoms with Gasteiger partial charge in [-0.3, -0.25) is 0 Å². The van der Waals surface area contributed by atoms with Crippen molar-refractivity contribution in [3.05, 3.63) is 53.7 Å². The van der Waals surface area contributed by atoms with Crippen molar-refractivity contribution < 1.29 is 14.9 Å². The minimum absolute atomic E-state index is 0.0198. The quantitative estimate of drug-likeness (QED) is 0.843. The van der Waals surface area contributed by atoms with Crippen LogP contribution in [0.3, 0.4) is 0 Å². The fourth-order valence-electron chi connectivity index (χ4n) is 1.39. The molecule has 2 rings (SSSR count). The van der Waals surface area contributed by atoms with Crippen LogP contribution in [-0.4, -0.2) is 15.2 Å². The smallest absolute Gasteiger partial charge is 0.219 e. The van der Waals surface area contributed by atoms with E-state index < -0.39 is 0 Å². The first kappa shape index (κ1) is 11.6. The Balaban J connectivity index is 2.13. The maximum atomic E-state index is 9.00. The first-order chi connectivity index (χ1) is 8.31. The standard InChI is InChI=1S/C13H13NO3/c15-8-10-2-1-3-12(6-10)17-13-5-4-11(9-16)7-14-13/h1-7,15-16H,8-9H2. The Labute approximate surface area is 99.1 Å².